The number of hydrogen-bond acceptors (Lipinski definition) is 3. The van der Waals surface area contributed by atoms with Crippen molar-refractivity contribution in [3.05, 3.63) is 29.8 Å². The predicted molar refractivity (Wildman–Crippen MR) is 84.4 cm³/mol. The molecule has 1 aromatic rings. The average Bonchev–Trinajstić information content (AvgIpc) is 2.36. The molecule has 1 rings (SSSR count). The van der Waals surface area contributed by atoms with Crippen LogP contribution in [0.25, 0.3) is 0 Å². The minimum absolute atomic E-state index is 0.0223. The fourth-order valence-electron chi connectivity index (χ4n) is 1.81. The van der Waals surface area contributed by atoms with Crippen molar-refractivity contribution in [1.82, 2.24) is 0 Å². The summed E-state index contributed by atoms with van der Waals surface area (Å²) in [4.78, 5) is 12.5. The minimum atomic E-state index is -0.785. The SMILES string of the molecule is CNc1ccc(C(=O)C(C)(C)OCCC(C)(C)C)cc1. The summed E-state index contributed by atoms with van der Waals surface area (Å²) < 4.78 is 5.81. The maximum atomic E-state index is 12.5. The van der Waals surface area contributed by atoms with Crippen molar-refractivity contribution in [1.29, 1.82) is 0 Å². The summed E-state index contributed by atoms with van der Waals surface area (Å²) in [6.07, 6.45) is 0.933. The van der Waals surface area contributed by atoms with E-state index in [0.29, 0.717) is 12.2 Å². The second kappa shape index (κ2) is 6.40. The quantitative estimate of drug-likeness (QED) is 0.794. The molecule has 0 aromatic heterocycles. The number of carbonyl (C=O) groups is 1. The van der Waals surface area contributed by atoms with Crippen molar-refractivity contribution in [3.63, 3.8) is 0 Å². The Morgan fingerprint density at radius 2 is 1.65 bits per heavy atom. The maximum Gasteiger partial charge on any atom is 0.194 e. The summed E-state index contributed by atoms with van der Waals surface area (Å²) >= 11 is 0. The van der Waals surface area contributed by atoms with Gasteiger partial charge in [0.25, 0.3) is 0 Å². The Kier molecular flexibility index (Phi) is 5.35. The van der Waals surface area contributed by atoms with E-state index in [2.05, 4.69) is 26.1 Å². The molecule has 1 aromatic carbocycles. The normalized spacial score (nSPS) is 12.3. The Balaban J connectivity index is 2.67. The molecule has 0 amide bonds. The highest BCUT2D eigenvalue weighted by atomic mass is 16.5. The Bertz CT molecular complexity index is 441. The molecule has 0 bridgehead atoms. The highest BCUT2D eigenvalue weighted by Gasteiger charge is 2.29. The Morgan fingerprint density at radius 1 is 1.10 bits per heavy atom. The van der Waals surface area contributed by atoms with Gasteiger partial charge in [-0.05, 0) is 49.9 Å². The van der Waals surface area contributed by atoms with Gasteiger partial charge in [0.15, 0.2) is 5.78 Å². The third kappa shape index (κ3) is 4.97. The standard InChI is InChI=1S/C17H27NO2/c1-16(2,3)11-12-20-17(4,5)15(19)13-7-9-14(18-6)10-8-13/h7-10,18H,11-12H2,1-6H3. The lowest BCUT2D eigenvalue weighted by atomic mass is 9.92. The first-order valence-corrected chi connectivity index (χ1v) is 7.12. The van der Waals surface area contributed by atoms with E-state index in [1.54, 1.807) is 0 Å². The van der Waals surface area contributed by atoms with Gasteiger partial charge in [-0.15, -0.1) is 0 Å². The van der Waals surface area contributed by atoms with Crippen LogP contribution in [0, 0.1) is 5.41 Å². The van der Waals surface area contributed by atoms with Crippen LogP contribution in [0.15, 0.2) is 24.3 Å². The molecule has 0 heterocycles. The number of anilines is 1. The zero-order chi connectivity index (χ0) is 15.4. The van der Waals surface area contributed by atoms with Crippen molar-refractivity contribution in [2.24, 2.45) is 5.41 Å². The van der Waals surface area contributed by atoms with E-state index in [0.717, 1.165) is 12.1 Å². The van der Waals surface area contributed by atoms with Gasteiger partial charge in [0.2, 0.25) is 0 Å². The summed E-state index contributed by atoms with van der Waals surface area (Å²) in [5, 5.41) is 3.04. The van der Waals surface area contributed by atoms with E-state index < -0.39 is 5.60 Å². The predicted octanol–water partition coefficient (Wildman–Crippen LogP) is 4.14. The Labute approximate surface area is 122 Å². The molecular formula is C17H27NO2. The first-order chi connectivity index (χ1) is 9.15. The highest BCUT2D eigenvalue weighted by molar-refractivity contribution is 6.02. The van der Waals surface area contributed by atoms with Crippen molar-refractivity contribution in [3.8, 4) is 0 Å². The van der Waals surface area contributed by atoms with Gasteiger partial charge in [0, 0.05) is 24.9 Å². The van der Waals surface area contributed by atoms with Crippen LogP contribution in [0.2, 0.25) is 0 Å². The number of nitrogens with one attached hydrogen (secondary N) is 1. The molecule has 0 saturated heterocycles. The summed E-state index contributed by atoms with van der Waals surface area (Å²) in [7, 11) is 1.86. The van der Waals surface area contributed by atoms with Crippen LogP contribution in [0.1, 0.15) is 51.4 Å². The molecule has 20 heavy (non-hydrogen) atoms. The second-order valence-corrected chi connectivity index (χ2v) is 6.83. The van der Waals surface area contributed by atoms with Gasteiger partial charge in [0.05, 0.1) is 0 Å². The highest BCUT2D eigenvalue weighted by Crippen LogP contribution is 2.23. The Hall–Kier alpha value is -1.35. The molecule has 0 spiro atoms. The van der Waals surface area contributed by atoms with Crippen molar-refractivity contribution < 1.29 is 9.53 Å². The minimum Gasteiger partial charge on any atom is -0.388 e. The summed E-state index contributed by atoms with van der Waals surface area (Å²) in [6, 6.07) is 7.48. The largest absolute Gasteiger partial charge is 0.388 e. The molecule has 0 atom stereocenters. The average molecular weight is 277 g/mol. The number of ether oxygens (including phenoxy) is 1. The molecule has 0 saturated carbocycles. The van der Waals surface area contributed by atoms with Crippen molar-refractivity contribution >= 4 is 11.5 Å². The lowest BCUT2D eigenvalue weighted by Gasteiger charge is -2.26. The van der Waals surface area contributed by atoms with Gasteiger partial charge < -0.3 is 10.1 Å². The number of benzene rings is 1. The fraction of sp³-hybridized carbons (Fsp3) is 0.588. The van der Waals surface area contributed by atoms with E-state index in [4.69, 9.17) is 4.74 Å². The van der Waals surface area contributed by atoms with Gasteiger partial charge in [0.1, 0.15) is 5.60 Å². The summed E-state index contributed by atoms with van der Waals surface area (Å²) in [5.41, 5.74) is 1.11. The lowest BCUT2D eigenvalue weighted by Crippen LogP contribution is -2.36. The molecule has 112 valence electrons. The number of carbonyl (C=O) groups excluding carboxylic acids is 1. The number of rotatable bonds is 6. The Morgan fingerprint density at radius 3 is 2.10 bits per heavy atom. The topological polar surface area (TPSA) is 38.3 Å². The molecule has 3 heteroatoms. The first kappa shape index (κ1) is 16.7. The van der Waals surface area contributed by atoms with Crippen LogP contribution in [0.3, 0.4) is 0 Å². The molecular weight excluding hydrogens is 250 g/mol. The molecule has 0 unspecified atom stereocenters. The van der Waals surface area contributed by atoms with E-state index in [1.165, 1.54) is 0 Å². The fourth-order valence-corrected chi connectivity index (χ4v) is 1.81. The van der Waals surface area contributed by atoms with Crippen molar-refractivity contribution in [2.45, 2.75) is 46.6 Å². The third-order valence-corrected chi connectivity index (χ3v) is 3.30. The van der Waals surface area contributed by atoms with Crippen LogP contribution in [-0.2, 0) is 4.74 Å². The van der Waals surface area contributed by atoms with Crippen LogP contribution in [0.5, 0.6) is 0 Å². The first-order valence-electron chi connectivity index (χ1n) is 7.12. The van der Waals surface area contributed by atoms with E-state index in [-0.39, 0.29) is 11.2 Å². The third-order valence-electron chi connectivity index (χ3n) is 3.30. The van der Waals surface area contributed by atoms with E-state index in [1.807, 2.05) is 45.2 Å². The van der Waals surface area contributed by atoms with Gasteiger partial charge >= 0.3 is 0 Å². The van der Waals surface area contributed by atoms with Crippen LogP contribution < -0.4 is 5.32 Å². The molecule has 0 fully saturated rings. The summed E-state index contributed by atoms with van der Waals surface area (Å²) in [5.74, 6) is 0.0223. The lowest BCUT2D eigenvalue weighted by molar-refractivity contribution is -0.0129. The summed E-state index contributed by atoms with van der Waals surface area (Å²) in [6.45, 7) is 10.8. The van der Waals surface area contributed by atoms with Crippen LogP contribution in [-0.4, -0.2) is 25.0 Å². The van der Waals surface area contributed by atoms with Crippen LogP contribution >= 0.6 is 0 Å². The van der Waals surface area contributed by atoms with Gasteiger partial charge in [-0.2, -0.15) is 0 Å². The molecule has 0 aliphatic carbocycles. The van der Waals surface area contributed by atoms with Gasteiger partial charge in [-0.3, -0.25) is 4.79 Å². The number of ketones is 1. The molecule has 0 radical (unpaired) electrons. The maximum absolute atomic E-state index is 12.5. The number of hydrogen-bond donors (Lipinski definition) is 1. The molecule has 0 aliphatic heterocycles. The van der Waals surface area contributed by atoms with Gasteiger partial charge in [-0.25, -0.2) is 0 Å². The van der Waals surface area contributed by atoms with E-state index >= 15 is 0 Å². The number of Topliss-reactive ketones (excluding diaryl/α,β-unsaturated/α-hetero) is 1. The molecule has 3 nitrogen and oxygen atoms in total. The van der Waals surface area contributed by atoms with Crippen molar-refractivity contribution in [2.75, 3.05) is 19.0 Å². The zero-order valence-corrected chi connectivity index (χ0v) is 13.5. The molecule has 0 aliphatic rings. The monoisotopic (exact) mass is 277 g/mol. The smallest absolute Gasteiger partial charge is 0.194 e. The molecule has 1 N–H and O–H groups in total. The van der Waals surface area contributed by atoms with E-state index in [9.17, 15) is 4.79 Å². The zero-order valence-electron chi connectivity index (χ0n) is 13.5. The van der Waals surface area contributed by atoms with Crippen LogP contribution in [0.4, 0.5) is 5.69 Å². The second-order valence-electron chi connectivity index (χ2n) is 6.83. The van der Waals surface area contributed by atoms with Gasteiger partial charge in [-0.1, -0.05) is 20.8 Å².